The van der Waals surface area contributed by atoms with E-state index in [1.54, 1.807) is 23.4 Å². The van der Waals surface area contributed by atoms with E-state index < -0.39 is 0 Å². The summed E-state index contributed by atoms with van der Waals surface area (Å²) in [5.41, 5.74) is 0.565. The molecule has 1 unspecified atom stereocenters. The maximum Gasteiger partial charge on any atom is 0.357 e. The maximum atomic E-state index is 11.9. The molecule has 1 fully saturated rings. The highest BCUT2D eigenvalue weighted by Crippen LogP contribution is 2.16. The first-order chi connectivity index (χ1) is 9.29. The third kappa shape index (κ3) is 4.06. The average Bonchev–Trinajstić information content (AvgIpc) is 2.46. The molecule has 0 saturated carbocycles. The average molecular weight is 262 g/mol. The van der Waals surface area contributed by atoms with Gasteiger partial charge in [0.2, 0.25) is 0 Å². The van der Waals surface area contributed by atoms with Gasteiger partial charge in [0.15, 0.2) is 0 Å². The highest BCUT2D eigenvalue weighted by atomic mass is 16.7. The maximum absolute atomic E-state index is 11.9. The minimum atomic E-state index is -0.315. The predicted molar refractivity (Wildman–Crippen MR) is 71.7 cm³/mol. The fourth-order valence-corrected chi connectivity index (χ4v) is 2.07. The Labute approximate surface area is 112 Å². The lowest BCUT2D eigenvalue weighted by atomic mass is 10.0. The fraction of sp³-hybridized carbons (Fsp3) is 0.429. The van der Waals surface area contributed by atoms with Gasteiger partial charge in [-0.2, -0.15) is 0 Å². The standard InChI is InChI=1S/C14H18N2O3/c1-18-15-10-12-6-5-9-16(11-12)19-14(17)13-7-3-2-4-8-13/h2-4,7-8,10,12H,5-6,9,11H2,1H3. The molecule has 5 heteroatoms. The molecule has 1 atom stereocenters. The molecule has 0 aliphatic carbocycles. The van der Waals surface area contributed by atoms with Crippen LogP contribution in [0.5, 0.6) is 0 Å². The SMILES string of the molecule is CON=CC1CCCN(OC(=O)c2ccccc2)C1. The summed E-state index contributed by atoms with van der Waals surface area (Å²) in [7, 11) is 1.52. The summed E-state index contributed by atoms with van der Waals surface area (Å²) < 4.78 is 0. The molecule has 1 aromatic carbocycles. The minimum Gasteiger partial charge on any atom is -0.399 e. The van der Waals surface area contributed by atoms with Crippen LogP contribution in [0.3, 0.4) is 0 Å². The van der Waals surface area contributed by atoms with Crippen LogP contribution in [-0.4, -0.2) is 37.4 Å². The number of oxime groups is 1. The van der Waals surface area contributed by atoms with Gasteiger partial charge in [-0.3, -0.25) is 0 Å². The second kappa shape index (κ2) is 6.89. The summed E-state index contributed by atoms with van der Waals surface area (Å²) in [6.45, 7) is 1.42. The van der Waals surface area contributed by atoms with E-state index in [0.29, 0.717) is 12.1 Å². The van der Waals surface area contributed by atoms with Gasteiger partial charge < -0.3 is 9.68 Å². The van der Waals surface area contributed by atoms with Crippen molar-refractivity contribution in [3.8, 4) is 0 Å². The molecular weight excluding hydrogens is 244 g/mol. The number of piperidine rings is 1. The number of hydrogen-bond acceptors (Lipinski definition) is 5. The number of nitrogens with zero attached hydrogens (tertiary/aromatic N) is 2. The summed E-state index contributed by atoms with van der Waals surface area (Å²) in [6, 6.07) is 9.00. The monoisotopic (exact) mass is 262 g/mol. The molecule has 1 saturated heterocycles. The van der Waals surface area contributed by atoms with Crippen LogP contribution in [-0.2, 0) is 9.68 Å². The number of rotatable bonds is 4. The Kier molecular flexibility index (Phi) is 4.92. The van der Waals surface area contributed by atoms with Crippen LogP contribution in [0.1, 0.15) is 23.2 Å². The number of carbonyl (C=O) groups is 1. The Bertz CT molecular complexity index is 434. The Balaban J connectivity index is 1.88. The zero-order chi connectivity index (χ0) is 13.5. The third-order valence-corrected chi connectivity index (χ3v) is 3.02. The molecule has 1 aliphatic heterocycles. The normalized spacial score (nSPS) is 20.4. The zero-order valence-corrected chi connectivity index (χ0v) is 11.0. The van der Waals surface area contributed by atoms with Gasteiger partial charge in [-0.25, -0.2) is 4.79 Å². The Hall–Kier alpha value is -1.88. The molecule has 19 heavy (non-hydrogen) atoms. The van der Waals surface area contributed by atoms with E-state index in [-0.39, 0.29) is 11.9 Å². The lowest BCUT2D eigenvalue weighted by Gasteiger charge is -2.28. The van der Waals surface area contributed by atoms with E-state index in [4.69, 9.17) is 4.84 Å². The van der Waals surface area contributed by atoms with Gasteiger partial charge >= 0.3 is 5.97 Å². The fourth-order valence-electron chi connectivity index (χ4n) is 2.07. The molecule has 1 aliphatic rings. The van der Waals surface area contributed by atoms with Crippen LogP contribution < -0.4 is 0 Å². The molecule has 0 amide bonds. The minimum absolute atomic E-state index is 0.261. The quantitative estimate of drug-likeness (QED) is 0.616. The molecule has 102 valence electrons. The van der Waals surface area contributed by atoms with Crippen molar-refractivity contribution in [3.63, 3.8) is 0 Å². The molecular formula is C14H18N2O3. The molecule has 2 rings (SSSR count). The van der Waals surface area contributed by atoms with Crippen LogP contribution in [0, 0.1) is 5.92 Å². The van der Waals surface area contributed by atoms with E-state index in [2.05, 4.69) is 9.99 Å². The second-order valence-corrected chi connectivity index (χ2v) is 4.47. The van der Waals surface area contributed by atoms with Crippen LogP contribution in [0.25, 0.3) is 0 Å². The van der Waals surface area contributed by atoms with Gasteiger partial charge in [0.25, 0.3) is 0 Å². The summed E-state index contributed by atoms with van der Waals surface area (Å²) in [5, 5.41) is 5.47. The van der Waals surface area contributed by atoms with Crippen molar-refractivity contribution in [2.75, 3.05) is 20.2 Å². The van der Waals surface area contributed by atoms with E-state index in [9.17, 15) is 4.79 Å². The van der Waals surface area contributed by atoms with Crippen LogP contribution in [0.2, 0.25) is 0 Å². The zero-order valence-electron chi connectivity index (χ0n) is 11.0. The Morgan fingerprint density at radius 2 is 2.21 bits per heavy atom. The van der Waals surface area contributed by atoms with Gasteiger partial charge in [-0.05, 0) is 25.0 Å². The molecule has 1 heterocycles. The molecule has 5 nitrogen and oxygen atoms in total. The van der Waals surface area contributed by atoms with Crippen LogP contribution >= 0.6 is 0 Å². The second-order valence-electron chi connectivity index (χ2n) is 4.47. The predicted octanol–water partition coefficient (Wildman–Crippen LogP) is 2.10. The largest absolute Gasteiger partial charge is 0.399 e. The summed E-state index contributed by atoms with van der Waals surface area (Å²) in [4.78, 5) is 22.0. The van der Waals surface area contributed by atoms with Crippen LogP contribution in [0.15, 0.2) is 35.5 Å². The van der Waals surface area contributed by atoms with Crippen molar-refractivity contribution in [1.29, 1.82) is 0 Å². The molecule has 0 bridgehead atoms. The summed E-state index contributed by atoms with van der Waals surface area (Å²) >= 11 is 0. The highest BCUT2D eigenvalue weighted by Gasteiger charge is 2.22. The topological polar surface area (TPSA) is 51.1 Å². The Morgan fingerprint density at radius 1 is 1.42 bits per heavy atom. The number of hydroxylamine groups is 2. The molecule has 0 N–H and O–H groups in total. The van der Waals surface area contributed by atoms with Crippen molar-refractivity contribution in [2.24, 2.45) is 11.1 Å². The Morgan fingerprint density at radius 3 is 2.95 bits per heavy atom. The van der Waals surface area contributed by atoms with Gasteiger partial charge in [-0.1, -0.05) is 23.4 Å². The highest BCUT2D eigenvalue weighted by molar-refractivity contribution is 5.89. The number of carbonyl (C=O) groups excluding carboxylic acids is 1. The molecule has 0 spiro atoms. The number of hydrogen-bond donors (Lipinski definition) is 0. The number of benzene rings is 1. The van der Waals surface area contributed by atoms with E-state index in [1.807, 2.05) is 18.2 Å². The van der Waals surface area contributed by atoms with Crippen molar-refractivity contribution >= 4 is 12.2 Å². The van der Waals surface area contributed by atoms with Gasteiger partial charge in [0.05, 0.1) is 5.56 Å². The first-order valence-corrected chi connectivity index (χ1v) is 6.38. The third-order valence-electron chi connectivity index (χ3n) is 3.02. The lowest BCUT2D eigenvalue weighted by molar-refractivity contribution is -0.124. The first-order valence-electron chi connectivity index (χ1n) is 6.38. The lowest BCUT2D eigenvalue weighted by Crippen LogP contribution is -2.37. The molecule has 0 radical (unpaired) electrons. The van der Waals surface area contributed by atoms with Crippen molar-refractivity contribution in [2.45, 2.75) is 12.8 Å². The van der Waals surface area contributed by atoms with E-state index in [0.717, 1.165) is 19.4 Å². The van der Waals surface area contributed by atoms with Crippen molar-refractivity contribution < 1.29 is 14.5 Å². The van der Waals surface area contributed by atoms with E-state index in [1.165, 1.54) is 7.11 Å². The summed E-state index contributed by atoms with van der Waals surface area (Å²) in [5.74, 6) is -0.0535. The molecule has 0 aromatic heterocycles. The van der Waals surface area contributed by atoms with Gasteiger partial charge in [0, 0.05) is 25.2 Å². The van der Waals surface area contributed by atoms with Gasteiger partial charge in [-0.15, -0.1) is 5.06 Å². The van der Waals surface area contributed by atoms with E-state index >= 15 is 0 Å². The van der Waals surface area contributed by atoms with Crippen molar-refractivity contribution in [3.05, 3.63) is 35.9 Å². The van der Waals surface area contributed by atoms with Gasteiger partial charge in [0.1, 0.15) is 7.11 Å². The van der Waals surface area contributed by atoms with Crippen LogP contribution in [0.4, 0.5) is 0 Å². The van der Waals surface area contributed by atoms with Crippen molar-refractivity contribution in [1.82, 2.24) is 5.06 Å². The smallest absolute Gasteiger partial charge is 0.357 e. The summed E-state index contributed by atoms with van der Waals surface area (Å²) in [6.07, 6.45) is 3.78. The first kappa shape index (κ1) is 13.5. The molecule has 1 aromatic rings.